The lowest BCUT2D eigenvalue weighted by molar-refractivity contribution is 0.0486. The third kappa shape index (κ3) is 4.46. The Morgan fingerprint density at radius 3 is 2.74 bits per heavy atom. The van der Waals surface area contributed by atoms with Gasteiger partial charge in [-0.2, -0.15) is 5.10 Å². The van der Waals surface area contributed by atoms with Crippen LogP contribution >= 0.6 is 0 Å². The lowest BCUT2D eigenvalue weighted by Crippen LogP contribution is -2.30. The Hall–Kier alpha value is -3.52. The summed E-state index contributed by atoms with van der Waals surface area (Å²) in [6, 6.07) is 10.2. The highest BCUT2D eigenvalue weighted by Crippen LogP contribution is 2.49. The van der Waals surface area contributed by atoms with E-state index in [9.17, 15) is 0 Å². The zero-order valence-electron chi connectivity index (χ0n) is 20.4. The second-order valence-corrected chi connectivity index (χ2v) is 10.0. The van der Waals surface area contributed by atoms with E-state index >= 15 is 0 Å². The van der Waals surface area contributed by atoms with Crippen LogP contribution in [0.1, 0.15) is 42.9 Å². The molecule has 2 fully saturated rings. The molecule has 0 bridgehead atoms. The smallest absolute Gasteiger partial charge is 0.154 e. The average Bonchev–Trinajstić information content (AvgIpc) is 3.41. The molecule has 4 aromatic heterocycles. The van der Waals surface area contributed by atoms with E-state index in [1.807, 2.05) is 49.8 Å². The molecule has 8 heteroatoms. The van der Waals surface area contributed by atoms with Crippen molar-refractivity contribution < 1.29 is 9.47 Å². The Balaban J connectivity index is 1.23. The number of aryl methyl sites for hydroxylation is 3. The predicted octanol–water partition coefficient (Wildman–Crippen LogP) is 5.19. The number of hydrogen-bond donors (Lipinski definition) is 1. The normalized spacial score (nSPS) is 18.7. The van der Waals surface area contributed by atoms with Crippen LogP contribution in [0.4, 0.5) is 11.6 Å². The summed E-state index contributed by atoms with van der Waals surface area (Å²) in [6.07, 6.45) is 8.96. The minimum atomic E-state index is 0.157. The quantitative estimate of drug-likeness (QED) is 0.415. The third-order valence-corrected chi connectivity index (χ3v) is 7.13. The van der Waals surface area contributed by atoms with E-state index < -0.39 is 0 Å². The van der Waals surface area contributed by atoms with E-state index in [0.717, 1.165) is 64.3 Å². The highest BCUT2D eigenvalue weighted by molar-refractivity contribution is 5.75. The lowest BCUT2D eigenvalue weighted by atomic mass is 9.68. The zero-order valence-corrected chi connectivity index (χ0v) is 20.4. The number of rotatable bonds is 6. The number of fused-ring (bicyclic) bond motifs is 1. The first-order valence-corrected chi connectivity index (χ1v) is 12.2. The first-order chi connectivity index (χ1) is 16.9. The number of aromatic nitrogens is 5. The van der Waals surface area contributed by atoms with Gasteiger partial charge in [0.1, 0.15) is 24.0 Å². The summed E-state index contributed by atoms with van der Waals surface area (Å²) in [6.45, 7) is 7.27. The lowest BCUT2D eigenvalue weighted by Gasteiger charge is -2.36. The summed E-state index contributed by atoms with van der Waals surface area (Å²) < 4.78 is 14.2. The molecule has 1 spiro atoms. The first-order valence-electron chi connectivity index (χ1n) is 12.2. The summed E-state index contributed by atoms with van der Waals surface area (Å²) in [5, 5.41) is 7.93. The van der Waals surface area contributed by atoms with Crippen molar-refractivity contribution in [3.05, 3.63) is 59.9 Å². The fourth-order valence-electron chi connectivity index (χ4n) is 5.23. The van der Waals surface area contributed by atoms with Gasteiger partial charge in [0.25, 0.3) is 0 Å². The number of pyridine rings is 2. The number of nitrogens with zero attached hydrogens (tertiary/aromatic N) is 5. The molecular weight excluding hydrogens is 440 g/mol. The van der Waals surface area contributed by atoms with Gasteiger partial charge in [0, 0.05) is 35.3 Å². The Labute approximate surface area is 204 Å². The molecule has 6 rings (SSSR count). The second-order valence-electron chi connectivity index (χ2n) is 10.0. The molecule has 1 atom stereocenters. The van der Waals surface area contributed by atoms with Crippen LogP contribution in [0, 0.1) is 26.2 Å². The van der Waals surface area contributed by atoms with Gasteiger partial charge in [0.05, 0.1) is 24.4 Å². The minimum Gasteiger partial charge on any atom is -0.489 e. The Bertz CT molecular complexity index is 1370. The molecule has 8 nitrogen and oxygen atoms in total. The summed E-state index contributed by atoms with van der Waals surface area (Å²) in [4.78, 5) is 13.3. The molecule has 1 saturated carbocycles. The second kappa shape index (κ2) is 8.61. The van der Waals surface area contributed by atoms with Crippen LogP contribution in [0.3, 0.4) is 0 Å². The predicted molar refractivity (Wildman–Crippen MR) is 134 cm³/mol. The van der Waals surface area contributed by atoms with Gasteiger partial charge in [-0.15, -0.1) is 0 Å². The van der Waals surface area contributed by atoms with Gasteiger partial charge in [-0.1, -0.05) is 6.42 Å². The molecule has 1 saturated heterocycles. The van der Waals surface area contributed by atoms with Crippen LogP contribution in [-0.2, 0) is 4.74 Å². The van der Waals surface area contributed by atoms with E-state index in [1.165, 1.54) is 19.3 Å². The number of hydrogen-bond acceptors (Lipinski definition) is 7. The molecular formula is C27H30N6O2. The summed E-state index contributed by atoms with van der Waals surface area (Å²) >= 11 is 0. The minimum absolute atomic E-state index is 0.157. The van der Waals surface area contributed by atoms with E-state index in [4.69, 9.17) is 9.47 Å². The van der Waals surface area contributed by atoms with E-state index in [2.05, 4.69) is 43.6 Å². The third-order valence-electron chi connectivity index (χ3n) is 7.13. The molecule has 2 aliphatic rings. The van der Waals surface area contributed by atoms with Crippen LogP contribution in [0.5, 0.6) is 5.75 Å². The first kappa shape index (κ1) is 22.0. The highest BCUT2D eigenvalue weighted by Gasteiger charge is 2.44. The maximum Gasteiger partial charge on any atom is 0.154 e. The number of nitrogens with one attached hydrogen (secondary N) is 1. The van der Waals surface area contributed by atoms with E-state index in [0.29, 0.717) is 12.0 Å². The Morgan fingerprint density at radius 2 is 1.97 bits per heavy atom. The van der Waals surface area contributed by atoms with Gasteiger partial charge in [0.15, 0.2) is 5.82 Å². The average molecular weight is 471 g/mol. The molecule has 1 N–H and O–H groups in total. The van der Waals surface area contributed by atoms with Crippen molar-refractivity contribution in [1.82, 2.24) is 24.6 Å². The van der Waals surface area contributed by atoms with Gasteiger partial charge in [-0.05, 0) is 69.2 Å². The molecule has 180 valence electrons. The van der Waals surface area contributed by atoms with Crippen molar-refractivity contribution >= 4 is 17.2 Å². The van der Waals surface area contributed by atoms with Crippen molar-refractivity contribution in [3.63, 3.8) is 0 Å². The number of anilines is 2. The molecule has 35 heavy (non-hydrogen) atoms. The summed E-state index contributed by atoms with van der Waals surface area (Å²) in [5.41, 5.74) is 5.33. The van der Waals surface area contributed by atoms with Crippen LogP contribution in [-0.4, -0.2) is 43.9 Å². The SMILES string of the molecule is Cc1cc(-c2ccn3nc(Nc4cc(C)nc(C)n4)cc3c2)c(OC[C@H]2CC3(CCC3)CO2)cn1. The fourth-order valence-corrected chi connectivity index (χ4v) is 5.23. The van der Waals surface area contributed by atoms with Gasteiger partial charge in [0.2, 0.25) is 0 Å². The van der Waals surface area contributed by atoms with Crippen LogP contribution in [0.2, 0.25) is 0 Å². The van der Waals surface area contributed by atoms with Crippen molar-refractivity contribution in [2.75, 3.05) is 18.5 Å². The maximum absolute atomic E-state index is 6.27. The summed E-state index contributed by atoms with van der Waals surface area (Å²) in [7, 11) is 0. The molecule has 0 radical (unpaired) electrons. The maximum atomic E-state index is 6.27. The largest absolute Gasteiger partial charge is 0.489 e. The van der Waals surface area contributed by atoms with Crippen LogP contribution in [0.15, 0.2) is 42.7 Å². The molecule has 4 aromatic rings. The topological polar surface area (TPSA) is 86.5 Å². The zero-order chi connectivity index (χ0) is 24.0. The molecule has 0 unspecified atom stereocenters. The van der Waals surface area contributed by atoms with E-state index in [1.54, 1.807) is 0 Å². The van der Waals surface area contributed by atoms with Crippen molar-refractivity contribution in [3.8, 4) is 16.9 Å². The summed E-state index contributed by atoms with van der Waals surface area (Å²) in [5.74, 6) is 2.97. The standard InChI is InChI=1S/C27H30N6O2/c1-17-9-23(24(14-28-17)34-15-22-13-27(16-35-22)6-4-7-27)20-5-8-33-21(11-20)12-26(32-33)31-25-10-18(2)29-19(3)30-25/h5,8-12,14,22H,4,6-7,13,15-16H2,1-3H3,(H,29,30,31,32)/t22-/m1/s1. The highest BCUT2D eigenvalue weighted by atomic mass is 16.5. The van der Waals surface area contributed by atoms with Gasteiger partial charge >= 0.3 is 0 Å². The Kier molecular flexibility index (Phi) is 5.40. The molecule has 5 heterocycles. The van der Waals surface area contributed by atoms with Gasteiger partial charge < -0.3 is 14.8 Å². The molecule has 0 aromatic carbocycles. The van der Waals surface area contributed by atoms with Crippen LogP contribution < -0.4 is 10.1 Å². The Morgan fingerprint density at radius 1 is 1.09 bits per heavy atom. The van der Waals surface area contributed by atoms with Crippen molar-refractivity contribution in [1.29, 1.82) is 0 Å². The molecule has 0 amide bonds. The van der Waals surface area contributed by atoms with E-state index in [-0.39, 0.29) is 6.10 Å². The van der Waals surface area contributed by atoms with Crippen molar-refractivity contribution in [2.24, 2.45) is 5.41 Å². The molecule has 1 aliphatic heterocycles. The monoisotopic (exact) mass is 470 g/mol. The van der Waals surface area contributed by atoms with Crippen molar-refractivity contribution in [2.45, 2.75) is 52.6 Å². The van der Waals surface area contributed by atoms with Crippen LogP contribution in [0.25, 0.3) is 16.6 Å². The number of ether oxygens (including phenoxy) is 2. The molecule has 1 aliphatic carbocycles. The fraction of sp³-hybridized carbons (Fsp3) is 0.407. The van der Waals surface area contributed by atoms with Gasteiger partial charge in [-0.25, -0.2) is 14.5 Å². The van der Waals surface area contributed by atoms with Gasteiger partial charge in [-0.3, -0.25) is 4.98 Å².